The summed E-state index contributed by atoms with van der Waals surface area (Å²) in [6.07, 6.45) is 3.76. The van der Waals surface area contributed by atoms with Crippen LogP contribution >= 0.6 is 0 Å². The molecule has 160 valence electrons. The normalized spacial score (nSPS) is 17.2. The Morgan fingerprint density at radius 1 is 0.867 bits per heavy atom. The van der Waals surface area contributed by atoms with Crippen molar-refractivity contribution in [3.05, 3.63) is 41.2 Å². The third kappa shape index (κ3) is 4.50. The van der Waals surface area contributed by atoms with Gasteiger partial charge >= 0.3 is 6.03 Å². The number of piperidine rings is 1. The number of nitrogens with zero attached hydrogens (tertiary/aromatic N) is 5. The Hall–Kier alpha value is -2.83. The monoisotopic (exact) mass is 408 g/mol. The zero-order valence-electron chi connectivity index (χ0n) is 18.3. The number of aromatic nitrogens is 2. The fourth-order valence-electron chi connectivity index (χ4n) is 4.20. The van der Waals surface area contributed by atoms with Crippen LogP contribution in [-0.4, -0.2) is 60.2 Å². The molecule has 0 radical (unpaired) electrons. The second-order valence-electron chi connectivity index (χ2n) is 8.33. The minimum Gasteiger partial charge on any atom is -0.356 e. The number of benzene rings is 1. The number of piperazine rings is 1. The third-order valence-electron chi connectivity index (χ3n) is 6.23. The molecule has 2 amide bonds. The van der Waals surface area contributed by atoms with E-state index in [4.69, 9.17) is 0 Å². The van der Waals surface area contributed by atoms with Crippen molar-refractivity contribution in [2.24, 2.45) is 0 Å². The van der Waals surface area contributed by atoms with Gasteiger partial charge in [0.05, 0.1) is 0 Å². The SMILES string of the molecule is Cc1nc(N2CCCCC2)cc(N2CCN(C(=O)Nc3cccc(C)c3C)CC2)n1. The lowest BCUT2D eigenvalue weighted by Gasteiger charge is -2.36. The number of urea groups is 1. The molecule has 1 aromatic carbocycles. The molecule has 0 saturated carbocycles. The number of carbonyl (C=O) groups is 1. The van der Waals surface area contributed by atoms with E-state index in [2.05, 4.69) is 44.1 Å². The minimum absolute atomic E-state index is 0.0313. The number of anilines is 3. The Morgan fingerprint density at radius 3 is 2.17 bits per heavy atom. The molecule has 2 aliphatic heterocycles. The zero-order chi connectivity index (χ0) is 21.1. The molecular formula is C23H32N6O. The molecule has 0 bridgehead atoms. The number of hydrogen-bond acceptors (Lipinski definition) is 5. The maximum absolute atomic E-state index is 12.8. The first kappa shape index (κ1) is 20.4. The van der Waals surface area contributed by atoms with Gasteiger partial charge in [0.25, 0.3) is 0 Å². The molecular weight excluding hydrogens is 376 g/mol. The summed E-state index contributed by atoms with van der Waals surface area (Å²) in [5.74, 6) is 2.81. The summed E-state index contributed by atoms with van der Waals surface area (Å²) in [7, 11) is 0. The van der Waals surface area contributed by atoms with Gasteiger partial charge in [0, 0.05) is 51.0 Å². The molecule has 7 heteroatoms. The van der Waals surface area contributed by atoms with Crippen molar-refractivity contribution in [1.29, 1.82) is 0 Å². The lowest BCUT2D eigenvalue weighted by atomic mass is 10.1. The van der Waals surface area contributed by atoms with Crippen LogP contribution in [0.3, 0.4) is 0 Å². The molecule has 0 spiro atoms. The van der Waals surface area contributed by atoms with Crippen molar-refractivity contribution in [1.82, 2.24) is 14.9 Å². The van der Waals surface area contributed by atoms with Gasteiger partial charge in [-0.3, -0.25) is 0 Å². The lowest BCUT2D eigenvalue weighted by Crippen LogP contribution is -2.50. The summed E-state index contributed by atoms with van der Waals surface area (Å²) in [4.78, 5) is 28.6. The van der Waals surface area contributed by atoms with Gasteiger partial charge in [-0.25, -0.2) is 14.8 Å². The molecule has 7 nitrogen and oxygen atoms in total. The van der Waals surface area contributed by atoms with Crippen LogP contribution in [0, 0.1) is 20.8 Å². The van der Waals surface area contributed by atoms with Crippen LogP contribution in [0.1, 0.15) is 36.2 Å². The maximum Gasteiger partial charge on any atom is 0.321 e. The average molecular weight is 409 g/mol. The first-order chi connectivity index (χ1) is 14.5. The summed E-state index contributed by atoms with van der Waals surface area (Å²) < 4.78 is 0. The predicted octanol–water partition coefficient (Wildman–Crippen LogP) is 3.75. The Balaban J connectivity index is 1.39. The maximum atomic E-state index is 12.8. The third-order valence-corrected chi connectivity index (χ3v) is 6.23. The molecule has 3 heterocycles. The van der Waals surface area contributed by atoms with Crippen molar-refractivity contribution in [3.8, 4) is 0 Å². The fourth-order valence-corrected chi connectivity index (χ4v) is 4.20. The van der Waals surface area contributed by atoms with E-state index in [9.17, 15) is 4.79 Å². The van der Waals surface area contributed by atoms with Gasteiger partial charge in [-0.1, -0.05) is 12.1 Å². The van der Waals surface area contributed by atoms with Crippen molar-refractivity contribution in [2.75, 3.05) is 54.4 Å². The van der Waals surface area contributed by atoms with Gasteiger partial charge in [-0.15, -0.1) is 0 Å². The van der Waals surface area contributed by atoms with Gasteiger partial charge in [0.15, 0.2) is 0 Å². The number of amides is 2. The van der Waals surface area contributed by atoms with Crippen LogP contribution < -0.4 is 15.1 Å². The van der Waals surface area contributed by atoms with Crippen LogP contribution in [0.25, 0.3) is 0 Å². The molecule has 2 saturated heterocycles. The van der Waals surface area contributed by atoms with Crippen molar-refractivity contribution < 1.29 is 4.79 Å². The molecule has 0 unspecified atom stereocenters. The highest BCUT2D eigenvalue weighted by Gasteiger charge is 2.24. The van der Waals surface area contributed by atoms with Crippen molar-refractivity contribution >= 4 is 23.4 Å². The van der Waals surface area contributed by atoms with Crippen LogP contribution in [0.4, 0.5) is 22.1 Å². The molecule has 2 aromatic rings. The Kier molecular flexibility index (Phi) is 6.06. The van der Waals surface area contributed by atoms with Gasteiger partial charge in [0.2, 0.25) is 0 Å². The summed E-state index contributed by atoms with van der Waals surface area (Å²) in [6.45, 7) is 11.1. The fraction of sp³-hybridized carbons (Fsp3) is 0.522. The van der Waals surface area contributed by atoms with Crippen LogP contribution in [0.15, 0.2) is 24.3 Å². The summed E-state index contributed by atoms with van der Waals surface area (Å²) in [5.41, 5.74) is 3.19. The summed E-state index contributed by atoms with van der Waals surface area (Å²) in [5, 5.41) is 3.07. The number of hydrogen-bond donors (Lipinski definition) is 1. The molecule has 4 rings (SSSR count). The topological polar surface area (TPSA) is 64.6 Å². The van der Waals surface area contributed by atoms with Crippen LogP contribution in [0.5, 0.6) is 0 Å². The van der Waals surface area contributed by atoms with Crippen molar-refractivity contribution in [2.45, 2.75) is 40.0 Å². The van der Waals surface area contributed by atoms with E-state index in [1.165, 1.54) is 24.8 Å². The van der Waals surface area contributed by atoms with Gasteiger partial charge in [-0.05, 0) is 57.2 Å². The van der Waals surface area contributed by atoms with E-state index in [0.29, 0.717) is 13.1 Å². The highest BCUT2D eigenvalue weighted by atomic mass is 16.2. The van der Waals surface area contributed by atoms with E-state index in [1.54, 1.807) is 0 Å². The number of nitrogens with one attached hydrogen (secondary N) is 1. The minimum atomic E-state index is -0.0313. The number of rotatable bonds is 3. The molecule has 0 atom stereocenters. The standard InChI is InChI=1S/C23H32N6O/c1-17-8-7-9-20(18(17)2)26-23(30)29-14-12-28(13-15-29)22-16-21(24-19(3)25-22)27-10-5-4-6-11-27/h7-9,16H,4-6,10-15H2,1-3H3,(H,26,30). The van der Waals surface area contributed by atoms with Gasteiger partial charge in [-0.2, -0.15) is 0 Å². The Labute approximate surface area is 179 Å². The zero-order valence-corrected chi connectivity index (χ0v) is 18.3. The van der Waals surface area contributed by atoms with Gasteiger partial charge in [0.1, 0.15) is 17.5 Å². The largest absolute Gasteiger partial charge is 0.356 e. The Morgan fingerprint density at radius 2 is 1.50 bits per heavy atom. The van der Waals surface area contributed by atoms with Crippen LogP contribution in [-0.2, 0) is 0 Å². The number of aryl methyl sites for hydroxylation is 2. The number of carbonyl (C=O) groups excluding carboxylic acids is 1. The second kappa shape index (κ2) is 8.90. The second-order valence-corrected chi connectivity index (χ2v) is 8.33. The highest BCUT2D eigenvalue weighted by molar-refractivity contribution is 5.90. The van der Waals surface area contributed by atoms with Crippen molar-refractivity contribution in [3.63, 3.8) is 0 Å². The summed E-state index contributed by atoms with van der Waals surface area (Å²) >= 11 is 0. The van der Waals surface area contributed by atoms with Gasteiger partial charge < -0.3 is 20.0 Å². The van der Waals surface area contributed by atoms with E-state index >= 15 is 0 Å². The molecule has 30 heavy (non-hydrogen) atoms. The van der Waals surface area contributed by atoms with E-state index in [1.807, 2.05) is 30.9 Å². The molecule has 0 aliphatic carbocycles. The first-order valence-electron chi connectivity index (χ1n) is 11.0. The highest BCUT2D eigenvalue weighted by Crippen LogP contribution is 2.24. The van der Waals surface area contributed by atoms with E-state index < -0.39 is 0 Å². The smallest absolute Gasteiger partial charge is 0.321 e. The first-order valence-corrected chi connectivity index (χ1v) is 11.0. The Bertz CT molecular complexity index is 901. The molecule has 1 aromatic heterocycles. The average Bonchev–Trinajstić information content (AvgIpc) is 2.77. The lowest BCUT2D eigenvalue weighted by molar-refractivity contribution is 0.208. The summed E-state index contributed by atoms with van der Waals surface area (Å²) in [6, 6.07) is 8.09. The van der Waals surface area contributed by atoms with Crippen LogP contribution in [0.2, 0.25) is 0 Å². The molecule has 2 aliphatic rings. The van der Waals surface area contributed by atoms with E-state index in [0.717, 1.165) is 54.9 Å². The quantitative estimate of drug-likeness (QED) is 0.838. The molecule has 2 fully saturated rings. The predicted molar refractivity (Wildman–Crippen MR) is 122 cm³/mol. The van der Waals surface area contributed by atoms with E-state index in [-0.39, 0.29) is 6.03 Å². The molecule has 1 N–H and O–H groups in total.